The van der Waals surface area contributed by atoms with E-state index >= 15 is 0 Å². The summed E-state index contributed by atoms with van der Waals surface area (Å²) in [7, 11) is -4.12. The first-order chi connectivity index (χ1) is 16.1. The van der Waals surface area contributed by atoms with Crippen LogP contribution in [0.25, 0.3) is 0 Å². The zero-order valence-corrected chi connectivity index (χ0v) is 20.6. The van der Waals surface area contributed by atoms with Crippen LogP contribution < -0.4 is 11.1 Å². The third-order valence-electron chi connectivity index (χ3n) is 5.23. The molecule has 3 N–H and O–H groups in total. The zero-order chi connectivity index (χ0) is 24.6. The second-order valence-corrected chi connectivity index (χ2v) is 11.1. The van der Waals surface area contributed by atoms with Gasteiger partial charge in [-0.15, -0.1) is 11.3 Å². The number of hydrogen-bond acceptors (Lipinski definition) is 6. The molecule has 4 rings (SSSR count). The van der Waals surface area contributed by atoms with Crippen LogP contribution >= 0.6 is 22.9 Å². The van der Waals surface area contributed by atoms with Crippen molar-refractivity contribution in [2.45, 2.75) is 23.6 Å². The summed E-state index contributed by atoms with van der Waals surface area (Å²) in [5.74, 6) is -0.810. The highest BCUT2D eigenvalue weighted by Gasteiger charge is 2.32. The summed E-state index contributed by atoms with van der Waals surface area (Å²) in [6.07, 6.45) is 0. The predicted molar refractivity (Wildman–Crippen MR) is 135 cm³/mol. The highest BCUT2D eigenvalue weighted by molar-refractivity contribution is 7.92. The minimum atomic E-state index is -4.12. The number of nitrogens with one attached hydrogen (secondary N) is 1. The number of nitrogens with two attached hydrogens (primary N) is 1. The Morgan fingerprint density at radius 3 is 2.26 bits per heavy atom. The van der Waals surface area contributed by atoms with Gasteiger partial charge in [-0.2, -0.15) is 0 Å². The van der Waals surface area contributed by atoms with E-state index in [-0.39, 0.29) is 31.1 Å². The van der Waals surface area contributed by atoms with Crippen molar-refractivity contribution in [1.29, 1.82) is 0 Å². The number of carbonyl (C=O) groups excluding carboxylic acids is 1. The Labute approximate surface area is 205 Å². The van der Waals surface area contributed by atoms with Gasteiger partial charge in [0.1, 0.15) is 20.6 Å². The molecule has 0 radical (unpaired) electrons. The Balaban J connectivity index is 1.89. The SMILES string of the molecule is Cc1ccc(C(=O)c2sc(Nc3ccc(F)cc3)c(S(=O)(=O)c3ccc(Cl)cc3)c2N)c(C)c1. The highest BCUT2D eigenvalue weighted by atomic mass is 35.5. The van der Waals surface area contributed by atoms with Gasteiger partial charge in [0, 0.05) is 16.3 Å². The van der Waals surface area contributed by atoms with E-state index in [0.29, 0.717) is 16.3 Å². The maximum atomic E-state index is 13.6. The fourth-order valence-corrected chi connectivity index (χ4v) is 6.58. The summed E-state index contributed by atoms with van der Waals surface area (Å²) in [4.78, 5) is 13.3. The first kappa shape index (κ1) is 23.9. The minimum Gasteiger partial charge on any atom is -0.396 e. The largest absolute Gasteiger partial charge is 0.396 e. The highest BCUT2D eigenvalue weighted by Crippen LogP contribution is 2.44. The van der Waals surface area contributed by atoms with Crippen LogP contribution in [0.2, 0.25) is 5.02 Å². The van der Waals surface area contributed by atoms with Gasteiger partial charge in [-0.05, 0) is 67.9 Å². The lowest BCUT2D eigenvalue weighted by Gasteiger charge is -2.10. The number of aryl methyl sites for hydroxylation is 2. The third-order valence-corrected chi connectivity index (χ3v) is 8.58. The van der Waals surface area contributed by atoms with Crippen molar-refractivity contribution in [2.75, 3.05) is 11.1 Å². The van der Waals surface area contributed by atoms with Gasteiger partial charge in [0.2, 0.25) is 15.6 Å². The molecule has 0 aliphatic carbocycles. The van der Waals surface area contributed by atoms with Gasteiger partial charge in [0.05, 0.1) is 10.6 Å². The van der Waals surface area contributed by atoms with Crippen LogP contribution in [0.1, 0.15) is 26.4 Å². The Bertz CT molecular complexity index is 1500. The molecule has 174 valence electrons. The van der Waals surface area contributed by atoms with E-state index < -0.39 is 15.7 Å². The van der Waals surface area contributed by atoms with Gasteiger partial charge in [-0.25, -0.2) is 12.8 Å². The molecule has 9 heteroatoms. The van der Waals surface area contributed by atoms with E-state index in [2.05, 4.69) is 5.32 Å². The number of ketones is 1. The number of hydrogen-bond donors (Lipinski definition) is 2. The van der Waals surface area contributed by atoms with Crippen molar-refractivity contribution >= 4 is 54.9 Å². The van der Waals surface area contributed by atoms with Crippen LogP contribution in [-0.4, -0.2) is 14.2 Å². The zero-order valence-electron chi connectivity index (χ0n) is 18.2. The van der Waals surface area contributed by atoms with E-state index in [4.69, 9.17) is 17.3 Å². The summed E-state index contributed by atoms with van der Waals surface area (Å²) < 4.78 is 40.6. The maximum absolute atomic E-state index is 13.6. The van der Waals surface area contributed by atoms with E-state index in [0.717, 1.165) is 22.5 Å². The quantitative estimate of drug-likeness (QED) is 0.285. The molecule has 4 aromatic rings. The summed E-state index contributed by atoms with van der Waals surface area (Å²) in [5.41, 5.74) is 8.83. The fraction of sp³-hybridized carbons (Fsp3) is 0.0800. The molecule has 1 heterocycles. The van der Waals surface area contributed by atoms with Crippen molar-refractivity contribution in [3.05, 3.63) is 99.1 Å². The molecule has 0 bridgehead atoms. The van der Waals surface area contributed by atoms with Crippen LogP contribution in [0.15, 0.2) is 76.5 Å². The molecule has 0 unspecified atom stereocenters. The monoisotopic (exact) mass is 514 g/mol. The van der Waals surface area contributed by atoms with Crippen molar-refractivity contribution in [1.82, 2.24) is 0 Å². The van der Waals surface area contributed by atoms with Crippen molar-refractivity contribution in [3.63, 3.8) is 0 Å². The molecular weight excluding hydrogens is 495 g/mol. The van der Waals surface area contributed by atoms with Crippen LogP contribution in [-0.2, 0) is 9.84 Å². The molecule has 34 heavy (non-hydrogen) atoms. The number of halogens is 2. The molecule has 0 fully saturated rings. The second kappa shape index (κ2) is 9.21. The van der Waals surface area contributed by atoms with E-state index in [1.165, 1.54) is 48.5 Å². The number of benzene rings is 3. The lowest BCUT2D eigenvalue weighted by atomic mass is 10.0. The molecule has 0 atom stereocenters. The molecular formula is C25H20ClFN2O3S2. The lowest BCUT2D eigenvalue weighted by Crippen LogP contribution is -2.09. The van der Waals surface area contributed by atoms with Gasteiger partial charge >= 0.3 is 0 Å². The van der Waals surface area contributed by atoms with Gasteiger partial charge in [0.15, 0.2) is 0 Å². The van der Waals surface area contributed by atoms with Gasteiger partial charge in [0.25, 0.3) is 0 Å². The first-order valence-electron chi connectivity index (χ1n) is 10.2. The van der Waals surface area contributed by atoms with Gasteiger partial charge in [-0.1, -0.05) is 35.4 Å². The van der Waals surface area contributed by atoms with Crippen LogP contribution in [0, 0.1) is 19.7 Å². The Morgan fingerprint density at radius 2 is 1.65 bits per heavy atom. The Kier molecular flexibility index (Phi) is 6.49. The molecule has 1 aromatic heterocycles. The van der Waals surface area contributed by atoms with Gasteiger partial charge in [-0.3, -0.25) is 4.79 Å². The molecule has 0 amide bonds. The topological polar surface area (TPSA) is 89.3 Å². The third kappa shape index (κ3) is 4.57. The van der Waals surface area contributed by atoms with Crippen molar-refractivity contribution in [3.8, 4) is 0 Å². The standard InChI is InChI=1S/C25H20ClFN2O3S2/c1-14-3-12-20(15(2)13-14)22(30)23-21(28)24(34(31,32)19-10-4-16(26)5-11-19)25(33-23)29-18-8-6-17(27)7-9-18/h3-13,29H,28H2,1-2H3. The smallest absolute Gasteiger partial charge is 0.211 e. The number of nitrogen functional groups attached to an aromatic ring is 1. The lowest BCUT2D eigenvalue weighted by molar-refractivity contribution is 0.104. The van der Waals surface area contributed by atoms with E-state index in [9.17, 15) is 17.6 Å². The average molecular weight is 515 g/mol. The number of thiophene rings is 1. The predicted octanol–water partition coefficient (Wildman–Crippen LogP) is 6.55. The first-order valence-corrected chi connectivity index (χ1v) is 12.8. The summed E-state index contributed by atoms with van der Waals surface area (Å²) >= 11 is 6.87. The number of carbonyl (C=O) groups is 1. The maximum Gasteiger partial charge on any atom is 0.211 e. The number of rotatable bonds is 6. The molecule has 0 saturated heterocycles. The summed E-state index contributed by atoms with van der Waals surface area (Å²) in [6.45, 7) is 3.73. The van der Waals surface area contributed by atoms with Crippen molar-refractivity contribution in [2.24, 2.45) is 0 Å². The van der Waals surface area contributed by atoms with E-state index in [1.54, 1.807) is 6.07 Å². The molecule has 0 aliphatic heterocycles. The van der Waals surface area contributed by atoms with Crippen LogP contribution in [0.3, 0.4) is 0 Å². The Hall–Kier alpha value is -3.20. The number of anilines is 3. The minimum absolute atomic E-state index is 0.0194. The fourth-order valence-electron chi connectivity index (χ4n) is 3.53. The normalized spacial score (nSPS) is 11.4. The molecule has 0 saturated carbocycles. The summed E-state index contributed by atoms with van der Waals surface area (Å²) in [5, 5.41) is 3.53. The summed E-state index contributed by atoms with van der Waals surface area (Å²) in [6, 6.07) is 16.5. The molecule has 5 nitrogen and oxygen atoms in total. The van der Waals surface area contributed by atoms with Crippen LogP contribution in [0.5, 0.6) is 0 Å². The molecule has 0 aliphatic rings. The van der Waals surface area contributed by atoms with E-state index in [1.807, 2.05) is 26.0 Å². The average Bonchev–Trinajstić information content (AvgIpc) is 3.11. The second-order valence-electron chi connectivity index (χ2n) is 7.74. The van der Waals surface area contributed by atoms with Gasteiger partial charge < -0.3 is 11.1 Å². The Morgan fingerprint density at radius 1 is 1.00 bits per heavy atom. The molecule has 0 spiro atoms. The molecule has 3 aromatic carbocycles. The number of sulfone groups is 1. The van der Waals surface area contributed by atoms with Crippen LogP contribution in [0.4, 0.5) is 20.8 Å². The van der Waals surface area contributed by atoms with Crippen molar-refractivity contribution < 1.29 is 17.6 Å².